The largest absolute Gasteiger partial charge is 0.507 e. The van der Waals surface area contributed by atoms with Gasteiger partial charge in [-0.25, -0.2) is 0 Å². The molecule has 1 N–H and O–H groups in total. The summed E-state index contributed by atoms with van der Waals surface area (Å²) in [5.74, 6) is 1.21. The lowest BCUT2D eigenvalue weighted by Crippen LogP contribution is -1.98. The van der Waals surface area contributed by atoms with E-state index in [0.717, 1.165) is 22.4 Å². The molecule has 0 aliphatic rings. The van der Waals surface area contributed by atoms with Crippen LogP contribution in [0, 0.1) is 20.8 Å². The third-order valence-electron chi connectivity index (χ3n) is 2.58. The molecular formula is C13H18O2. The summed E-state index contributed by atoms with van der Waals surface area (Å²) in [6.07, 6.45) is 3.91. The molecular weight excluding hydrogens is 188 g/mol. The smallest absolute Gasteiger partial charge is 0.123 e. The van der Waals surface area contributed by atoms with E-state index in [1.54, 1.807) is 0 Å². The number of ether oxygens (including phenoxy) is 1. The Labute approximate surface area is 91.2 Å². The van der Waals surface area contributed by atoms with E-state index >= 15 is 0 Å². The van der Waals surface area contributed by atoms with E-state index < -0.39 is 0 Å². The topological polar surface area (TPSA) is 29.5 Å². The summed E-state index contributed by atoms with van der Waals surface area (Å²) >= 11 is 0. The van der Waals surface area contributed by atoms with Crippen molar-refractivity contribution < 1.29 is 9.84 Å². The second kappa shape index (κ2) is 4.87. The number of rotatable bonds is 3. The van der Waals surface area contributed by atoms with Crippen molar-refractivity contribution in [3.05, 3.63) is 34.9 Å². The minimum absolute atomic E-state index is 0.367. The van der Waals surface area contributed by atoms with E-state index in [4.69, 9.17) is 4.74 Å². The quantitative estimate of drug-likeness (QED) is 0.769. The molecule has 0 radical (unpaired) electrons. The van der Waals surface area contributed by atoms with Gasteiger partial charge in [-0.05, 0) is 50.5 Å². The molecule has 1 aromatic carbocycles. The van der Waals surface area contributed by atoms with Crippen molar-refractivity contribution in [3.63, 3.8) is 0 Å². The molecule has 2 heteroatoms. The van der Waals surface area contributed by atoms with Gasteiger partial charge in [0.1, 0.15) is 18.1 Å². The molecule has 0 aliphatic heterocycles. The van der Waals surface area contributed by atoms with Crippen LogP contribution in [0.2, 0.25) is 0 Å². The van der Waals surface area contributed by atoms with Crippen molar-refractivity contribution in [2.24, 2.45) is 0 Å². The Morgan fingerprint density at radius 3 is 2.53 bits per heavy atom. The highest BCUT2D eigenvalue weighted by Gasteiger charge is 2.09. The second-order valence-corrected chi connectivity index (χ2v) is 3.67. The summed E-state index contributed by atoms with van der Waals surface area (Å²) in [6.45, 7) is 8.27. The molecule has 0 aliphatic carbocycles. The van der Waals surface area contributed by atoms with Gasteiger partial charge in [0.25, 0.3) is 0 Å². The molecule has 0 atom stereocenters. The molecule has 1 aromatic rings. The van der Waals surface area contributed by atoms with Gasteiger partial charge < -0.3 is 9.84 Å². The summed E-state index contributed by atoms with van der Waals surface area (Å²) in [4.78, 5) is 0. The lowest BCUT2D eigenvalue weighted by atomic mass is 10.0. The Balaban J connectivity index is 2.98. The fourth-order valence-electron chi connectivity index (χ4n) is 1.42. The molecule has 0 fully saturated rings. The molecule has 82 valence electrons. The average molecular weight is 206 g/mol. The minimum atomic E-state index is 0.367. The van der Waals surface area contributed by atoms with E-state index in [1.165, 1.54) is 0 Å². The zero-order valence-corrected chi connectivity index (χ0v) is 9.79. The minimum Gasteiger partial charge on any atom is -0.507 e. The van der Waals surface area contributed by atoms with Crippen LogP contribution in [0.5, 0.6) is 11.5 Å². The van der Waals surface area contributed by atoms with Gasteiger partial charge in [-0.2, -0.15) is 0 Å². The fraction of sp³-hybridized carbons (Fsp3) is 0.385. The van der Waals surface area contributed by atoms with Crippen LogP contribution in [0.15, 0.2) is 18.2 Å². The second-order valence-electron chi connectivity index (χ2n) is 3.67. The monoisotopic (exact) mass is 206 g/mol. The summed E-state index contributed by atoms with van der Waals surface area (Å²) < 4.78 is 5.60. The third kappa shape index (κ3) is 2.52. The predicted octanol–water partition coefficient (Wildman–Crippen LogP) is 3.27. The number of hydrogen-bond acceptors (Lipinski definition) is 2. The van der Waals surface area contributed by atoms with E-state index in [1.807, 2.05) is 45.9 Å². The molecule has 2 nitrogen and oxygen atoms in total. The van der Waals surface area contributed by atoms with Crippen molar-refractivity contribution in [2.75, 3.05) is 6.61 Å². The summed E-state index contributed by atoms with van der Waals surface area (Å²) in [5.41, 5.74) is 2.75. The maximum Gasteiger partial charge on any atom is 0.123 e. The Morgan fingerprint density at radius 2 is 1.93 bits per heavy atom. The van der Waals surface area contributed by atoms with Crippen molar-refractivity contribution >= 4 is 0 Å². The summed E-state index contributed by atoms with van der Waals surface area (Å²) in [6, 6.07) is 1.88. The summed E-state index contributed by atoms with van der Waals surface area (Å²) in [5, 5.41) is 9.71. The highest BCUT2D eigenvalue weighted by atomic mass is 16.5. The van der Waals surface area contributed by atoms with Crippen LogP contribution < -0.4 is 4.74 Å². The number of benzene rings is 1. The SMILES string of the molecule is CC=CCOc1cc(C)c(O)c(C)c1C. The van der Waals surface area contributed by atoms with Crippen LogP contribution in [-0.2, 0) is 0 Å². The van der Waals surface area contributed by atoms with Gasteiger partial charge in [-0.3, -0.25) is 0 Å². The van der Waals surface area contributed by atoms with Crippen LogP contribution >= 0.6 is 0 Å². The van der Waals surface area contributed by atoms with Crippen LogP contribution in [0.25, 0.3) is 0 Å². The Kier molecular flexibility index (Phi) is 3.78. The first kappa shape index (κ1) is 11.6. The molecule has 0 heterocycles. The zero-order valence-electron chi connectivity index (χ0n) is 9.79. The van der Waals surface area contributed by atoms with E-state index in [2.05, 4.69) is 0 Å². The lowest BCUT2D eigenvalue weighted by molar-refractivity contribution is 0.358. The standard InChI is InChI=1S/C13H18O2/c1-5-6-7-15-12-8-9(2)13(14)11(4)10(12)3/h5-6,8,14H,7H2,1-4H3. The van der Waals surface area contributed by atoms with E-state index in [-0.39, 0.29) is 0 Å². The van der Waals surface area contributed by atoms with Crippen LogP contribution in [0.4, 0.5) is 0 Å². The van der Waals surface area contributed by atoms with Crippen molar-refractivity contribution in [1.29, 1.82) is 0 Å². The molecule has 0 saturated carbocycles. The highest BCUT2D eigenvalue weighted by Crippen LogP contribution is 2.31. The van der Waals surface area contributed by atoms with Gasteiger partial charge in [0.15, 0.2) is 0 Å². The normalized spacial score (nSPS) is 10.9. The van der Waals surface area contributed by atoms with Crippen molar-refractivity contribution in [2.45, 2.75) is 27.7 Å². The van der Waals surface area contributed by atoms with Gasteiger partial charge in [0.2, 0.25) is 0 Å². The zero-order chi connectivity index (χ0) is 11.4. The van der Waals surface area contributed by atoms with Gasteiger partial charge >= 0.3 is 0 Å². The number of phenols is 1. The molecule has 15 heavy (non-hydrogen) atoms. The highest BCUT2D eigenvalue weighted by molar-refractivity contribution is 5.51. The Hall–Kier alpha value is -1.44. The maximum absolute atomic E-state index is 9.71. The Bertz CT molecular complexity index is 379. The van der Waals surface area contributed by atoms with Gasteiger partial charge in [0, 0.05) is 0 Å². The lowest BCUT2D eigenvalue weighted by Gasteiger charge is -2.13. The molecule has 1 rings (SSSR count). The van der Waals surface area contributed by atoms with Crippen LogP contribution in [-0.4, -0.2) is 11.7 Å². The number of allylic oxidation sites excluding steroid dienone is 1. The average Bonchev–Trinajstić information content (AvgIpc) is 2.23. The molecule has 0 unspecified atom stereocenters. The van der Waals surface area contributed by atoms with Gasteiger partial charge in [-0.1, -0.05) is 12.2 Å². The van der Waals surface area contributed by atoms with E-state index in [9.17, 15) is 5.11 Å². The first-order chi connectivity index (χ1) is 7.07. The predicted molar refractivity (Wildman–Crippen MR) is 62.6 cm³/mol. The van der Waals surface area contributed by atoms with Crippen LogP contribution in [0.3, 0.4) is 0 Å². The van der Waals surface area contributed by atoms with Gasteiger partial charge in [-0.15, -0.1) is 0 Å². The molecule has 0 spiro atoms. The van der Waals surface area contributed by atoms with Gasteiger partial charge in [0.05, 0.1) is 0 Å². The number of aryl methyl sites for hydroxylation is 1. The van der Waals surface area contributed by atoms with E-state index in [0.29, 0.717) is 12.4 Å². The maximum atomic E-state index is 9.71. The van der Waals surface area contributed by atoms with Crippen molar-refractivity contribution in [3.8, 4) is 11.5 Å². The first-order valence-electron chi connectivity index (χ1n) is 5.11. The van der Waals surface area contributed by atoms with Crippen LogP contribution in [0.1, 0.15) is 23.6 Å². The Morgan fingerprint density at radius 1 is 1.27 bits per heavy atom. The first-order valence-corrected chi connectivity index (χ1v) is 5.11. The summed E-state index contributed by atoms with van der Waals surface area (Å²) in [7, 11) is 0. The number of hydrogen-bond donors (Lipinski definition) is 1. The number of aromatic hydroxyl groups is 1. The molecule has 0 saturated heterocycles. The van der Waals surface area contributed by atoms with Crippen molar-refractivity contribution in [1.82, 2.24) is 0 Å². The number of phenolic OH excluding ortho intramolecular Hbond substituents is 1. The molecule has 0 aromatic heterocycles. The molecule has 0 bridgehead atoms. The third-order valence-corrected chi connectivity index (χ3v) is 2.58. The fourth-order valence-corrected chi connectivity index (χ4v) is 1.42. The molecule has 0 amide bonds.